The number of fused-ring (bicyclic) bond motifs is 1. The molecule has 5 nitrogen and oxygen atoms in total. The van der Waals surface area contributed by atoms with Gasteiger partial charge in [-0.1, -0.05) is 30.3 Å². The minimum Gasteiger partial charge on any atom is -0.326 e. The zero-order chi connectivity index (χ0) is 19.6. The van der Waals surface area contributed by atoms with E-state index in [1.54, 1.807) is 0 Å². The number of carbonyl (C=O) groups excluding carboxylic acids is 1. The normalized spacial score (nSPS) is 32.6. The number of benzene rings is 2. The van der Waals surface area contributed by atoms with Crippen LogP contribution in [0.5, 0.6) is 0 Å². The number of amides is 1. The molecule has 4 fully saturated rings. The van der Waals surface area contributed by atoms with Crippen LogP contribution in [-0.4, -0.2) is 15.9 Å². The first-order valence-electron chi connectivity index (χ1n) is 10.6. The maximum Gasteiger partial charge on any atom is 0.323 e. The Morgan fingerprint density at radius 3 is 2.41 bits per heavy atom. The zero-order valence-corrected chi connectivity index (χ0v) is 16.3. The second kappa shape index (κ2) is 5.85. The second-order valence-corrected chi connectivity index (χ2v) is 9.68. The second-order valence-electron chi connectivity index (χ2n) is 9.68. The molecule has 1 amide bonds. The van der Waals surface area contributed by atoms with Crippen LogP contribution in [0.4, 0.5) is 5.69 Å². The van der Waals surface area contributed by atoms with Crippen LogP contribution in [0, 0.1) is 17.3 Å². The van der Waals surface area contributed by atoms with Gasteiger partial charge in [0, 0.05) is 5.69 Å². The largest absolute Gasteiger partial charge is 0.326 e. The lowest BCUT2D eigenvalue weighted by Gasteiger charge is -2.61. The monoisotopic (exact) mass is 387 g/mol. The molecule has 0 radical (unpaired) electrons. The van der Waals surface area contributed by atoms with Crippen molar-refractivity contribution >= 4 is 22.6 Å². The van der Waals surface area contributed by atoms with E-state index >= 15 is 0 Å². The number of anilines is 1. The number of aromatic amines is 2. The highest BCUT2D eigenvalue weighted by atomic mass is 16.2. The molecule has 148 valence electrons. The summed E-state index contributed by atoms with van der Waals surface area (Å²) in [4.78, 5) is 30.6. The van der Waals surface area contributed by atoms with E-state index in [9.17, 15) is 9.59 Å². The number of imidazole rings is 1. The van der Waals surface area contributed by atoms with E-state index in [0.29, 0.717) is 11.8 Å². The van der Waals surface area contributed by atoms with E-state index in [4.69, 9.17) is 0 Å². The zero-order valence-electron chi connectivity index (χ0n) is 16.3. The third kappa shape index (κ3) is 2.60. The average Bonchev–Trinajstić information content (AvgIpc) is 3.07. The maximum atomic E-state index is 13.6. The first-order valence-corrected chi connectivity index (χ1v) is 10.6. The van der Waals surface area contributed by atoms with Crippen molar-refractivity contribution in [2.75, 3.05) is 5.32 Å². The fourth-order valence-corrected chi connectivity index (χ4v) is 7.03. The van der Waals surface area contributed by atoms with Gasteiger partial charge < -0.3 is 15.3 Å². The van der Waals surface area contributed by atoms with Gasteiger partial charge in [0.2, 0.25) is 5.91 Å². The first-order chi connectivity index (χ1) is 14.0. The van der Waals surface area contributed by atoms with Crippen LogP contribution in [0.3, 0.4) is 0 Å². The third-order valence-corrected chi connectivity index (χ3v) is 7.70. The van der Waals surface area contributed by atoms with Crippen molar-refractivity contribution < 1.29 is 4.79 Å². The summed E-state index contributed by atoms with van der Waals surface area (Å²) >= 11 is 0. The van der Waals surface area contributed by atoms with Gasteiger partial charge in [-0.25, -0.2) is 4.79 Å². The van der Waals surface area contributed by atoms with E-state index in [1.165, 1.54) is 24.8 Å². The maximum absolute atomic E-state index is 13.6. The lowest BCUT2D eigenvalue weighted by atomic mass is 9.42. The number of rotatable bonds is 3. The van der Waals surface area contributed by atoms with E-state index in [2.05, 4.69) is 45.6 Å². The molecule has 7 rings (SSSR count). The average molecular weight is 387 g/mol. The number of aromatic nitrogens is 2. The van der Waals surface area contributed by atoms with E-state index in [-0.39, 0.29) is 22.4 Å². The summed E-state index contributed by atoms with van der Waals surface area (Å²) in [6.07, 6.45) is 6.69. The molecule has 1 aromatic heterocycles. The fourth-order valence-electron chi connectivity index (χ4n) is 7.03. The van der Waals surface area contributed by atoms with Crippen molar-refractivity contribution in [2.45, 2.75) is 43.9 Å². The molecule has 4 saturated carbocycles. The fraction of sp³-hybridized carbons (Fsp3) is 0.417. The number of hydrogen-bond acceptors (Lipinski definition) is 2. The van der Waals surface area contributed by atoms with Crippen molar-refractivity contribution in [1.29, 1.82) is 0 Å². The van der Waals surface area contributed by atoms with Crippen LogP contribution in [0.25, 0.3) is 11.0 Å². The summed E-state index contributed by atoms with van der Waals surface area (Å²) in [6, 6.07) is 16.4. The van der Waals surface area contributed by atoms with Crippen molar-refractivity contribution in [3.05, 3.63) is 64.6 Å². The molecule has 3 N–H and O–H groups in total. The molecular formula is C24H25N3O2. The van der Waals surface area contributed by atoms with Gasteiger partial charge >= 0.3 is 5.69 Å². The van der Waals surface area contributed by atoms with E-state index < -0.39 is 0 Å². The Morgan fingerprint density at radius 2 is 1.66 bits per heavy atom. The van der Waals surface area contributed by atoms with Gasteiger partial charge in [0.15, 0.2) is 0 Å². The van der Waals surface area contributed by atoms with Gasteiger partial charge in [0.05, 0.1) is 16.4 Å². The van der Waals surface area contributed by atoms with Crippen molar-refractivity contribution in [2.24, 2.45) is 17.3 Å². The quantitative estimate of drug-likeness (QED) is 0.625. The Kier molecular flexibility index (Phi) is 3.44. The molecule has 4 aliphatic rings. The SMILES string of the molecule is O=C(Nc1ccc2[nH]c(=O)[nH]c2c1)C12C[C@H]3C[C@@H](C1)CC(c1ccccc1)(C3)C2. The predicted molar refractivity (Wildman–Crippen MR) is 113 cm³/mol. The van der Waals surface area contributed by atoms with Crippen molar-refractivity contribution in [3.8, 4) is 0 Å². The Labute approximate surface area is 168 Å². The summed E-state index contributed by atoms with van der Waals surface area (Å²) in [7, 11) is 0. The first kappa shape index (κ1) is 17.1. The van der Waals surface area contributed by atoms with Crippen LogP contribution in [-0.2, 0) is 10.2 Å². The van der Waals surface area contributed by atoms with Gasteiger partial charge in [-0.15, -0.1) is 0 Å². The van der Waals surface area contributed by atoms with Gasteiger partial charge in [-0.3, -0.25) is 4.79 Å². The third-order valence-electron chi connectivity index (χ3n) is 7.70. The Bertz CT molecular complexity index is 1150. The van der Waals surface area contributed by atoms with Crippen LogP contribution in [0.15, 0.2) is 53.3 Å². The standard InChI is InChI=1S/C24H25N3O2/c28-21(25-18-6-7-19-20(9-18)27-22(29)26-19)24-12-15-8-16(13-24)11-23(10-15,14-24)17-4-2-1-3-5-17/h1-7,9,15-16H,8,10-14H2,(H,25,28)(H2,26,27,29)/t15-,16+,23?,24?. The van der Waals surface area contributed by atoms with Crippen LogP contribution in [0.2, 0.25) is 0 Å². The number of carbonyl (C=O) groups is 1. The van der Waals surface area contributed by atoms with Gasteiger partial charge in [0.1, 0.15) is 0 Å². The molecule has 4 atom stereocenters. The highest BCUT2D eigenvalue weighted by molar-refractivity contribution is 5.97. The highest BCUT2D eigenvalue weighted by Crippen LogP contribution is 2.65. The number of H-pyrrole nitrogens is 2. The summed E-state index contributed by atoms with van der Waals surface area (Å²) in [5.41, 5.74) is 3.29. The summed E-state index contributed by atoms with van der Waals surface area (Å²) in [6.45, 7) is 0. The topological polar surface area (TPSA) is 77.8 Å². The minimum absolute atomic E-state index is 0.151. The smallest absolute Gasteiger partial charge is 0.323 e. The highest BCUT2D eigenvalue weighted by Gasteiger charge is 2.60. The molecule has 0 aliphatic heterocycles. The lowest BCUT2D eigenvalue weighted by molar-refractivity contribution is -0.143. The molecule has 2 unspecified atom stereocenters. The van der Waals surface area contributed by atoms with Gasteiger partial charge in [0.25, 0.3) is 0 Å². The van der Waals surface area contributed by atoms with Crippen LogP contribution in [0.1, 0.15) is 44.1 Å². The molecule has 0 spiro atoms. The minimum atomic E-state index is -0.277. The number of hydrogen-bond donors (Lipinski definition) is 3. The van der Waals surface area contributed by atoms with Gasteiger partial charge in [-0.2, -0.15) is 0 Å². The molecular weight excluding hydrogens is 362 g/mol. The van der Waals surface area contributed by atoms with E-state index in [1.807, 2.05) is 18.2 Å². The summed E-state index contributed by atoms with van der Waals surface area (Å²) in [5.74, 6) is 1.44. The van der Waals surface area contributed by atoms with Crippen molar-refractivity contribution in [3.63, 3.8) is 0 Å². The summed E-state index contributed by atoms with van der Waals surface area (Å²) in [5, 5.41) is 3.19. The van der Waals surface area contributed by atoms with Gasteiger partial charge in [-0.05, 0) is 79.5 Å². The van der Waals surface area contributed by atoms with Crippen LogP contribution < -0.4 is 11.0 Å². The Morgan fingerprint density at radius 1 is 0.931 bits per heavy atom. The predicted octanol–water partition coefficient (Wildman–Crippen LogP) is 4.33. The van der Waals surface area contributed by atoms with Crippen molar-refractivity contribution in [1.82, 2.24) is 9.97 Å². The summed E-state index contributed by atoms with van der Waals surface area (Å²) < 4.78 is 0. The Balaban J connectivity index is 1.33. The van der Waals surface area contributed by atoms with E-state index in [0.717, 1.165) is 36.0 Å². The molecule has 2 aromatic carbocycles. The van der Waals surface area contributed by atoms with Crippen LogP contribution >= 0.6 is 0 Å². The lowest BCUT2D eigenvalue weighted by Crippen LogP contribution is -2.57. The molecule has 29 heavy (non-hydrogen) atoms. The molecule has 0 saturated heterocycles. The molecule has 4 bridgehead atoms. The molecule has 5 heteroatoms. The molecule has 1 heterocycles. The number of nitrogens with one attached hydrogen (secondary N) is 3. The molecule has 4 aliphatic carbocycles. The molecule has 3 aromatic rings. The Hall–Kier alpha value is -2.82.